The predicted octanol–water partition coefficient (Wildman–Crippen LogP) is 1.52. The molecule has 0 aliphatic heterocycles. The zero-order valence-electron chi connectivity index (χ0n) is 14.2. The van der Waals surface area contributed by atoms with Gasteiger partial charge in [-0.1, -0.05) is 31.9 Å². The molecule has 4 N–H and O–H groups in total. The number of amides is 2. The molecule has 0 saturated heterocycles. The Morgan fingerprint density at radius 2 is 1.96 bits per heavy atom. The zero-order valence-corrected chi connectivity index (χ0v) is 14.2. The van der Waals surface area contributed by atoms with Gasteiger partial charge in [-0.2, -0.15) is 0 Å². The van der Waals surface area contributed by atoms with E-state index >= 15 is 0 Å². The smallest absolute Gasteiger partial charge is 0.253 e. The van der Waals surface area contributed by atoms with Crippen LogP contribution < -0.4 is 16.0 Å². The lowest BCUT2D eigenvalue weighted by Crippen LogP contribution is -2.43. The monoisotopic (exact) mass is 333 g/mol. The van der Waals surface area contributed by atoms with Gasteiger partial charge in [0.2, 0.25) is 5.91 Å². The first-order chi connectivity index (χ1) is 11.6. The fourth-order valence-electron chi connectivity index (χ4n) is 3.06. The predicted molar refractivity (Wildman–Crippen MR) is 93.9 cm³/mol. The van der Waals surface area contributed by atoms with E-state index in [-0.39, 0.29) is 37.6 Å². The molecule has 132 valence electrons. The number of aliphatic hydroxyl groups is 1. The van der Waals surface area contributed by atoms with E-state index in [0.717, 1.165) is 19.3 Å². The number of anilines is 1. The molecule has 0 aromatic heterocycles. The van der Waals surface area contributed by atoms with Gasteiger partial charge in [0.1, 0.15) is 0 Å². The first kappa shape index (κ1) is 18.3. The van der Waals surface area contributed by atoms with Gasteiger partial charge in [0.05, 0.1) is 18.7 Å². The summed E-state index contributed by atoms with van der Waals surface area (Å²) in [5.41, 5.74) is 1.07. The summed E-state index contributed by atoms with van der Waals surface area (Å²) in [6.07, 6.45) is 4.60. The van der Waals surface area contributed by atoms with E-state index in [1.807, 2.05) is 6.07 Å². The molecule has 1 fully saturated rings. The minimum atomic E-state index is -0.270. The van der Waals surface area contributed by atoms with Crippen molar-refractivity contribution in [2.24, 2.45) is 5.92 Å². The van der Waals surface area contributed by atoms with Crippen LogP contribution >= 0.6 is 0 Å². The van der Waals surface area contributed by atoms with Gasteiger partial charge in [0, 0.05) is 18.3 Å². The van der Waals surface area contributed by atoms with Gasteiger partial charge in [0.15, 0.2) is 0 Å². The Morgan fingerprint density at radius 3 is 2.71 bits per heavy atom. The second-order valence-electron chi connectivity index (χ2n) is 6.31. The Kier molecular flexibility index (Phi) is 7.06. The number of carbonyl (C=O) groups excluding carboxylic acids is 2. The van der Waals surface area contributed by atoms with Crippen LogP contribution in [-0.4, -0.2) is 42.7 Å². The topological polar surface area (TPSA) is 90.5 Å². The fraction of sp³-hybridized carbons (Fsp3) is 0.556. The summed E-state index contributed by atoms with van der Waals surface area (Å²) in [4.78, 5) is 24.2. The summed E-state index contributed by atoms with van der Waals surface area (Å²) < 4.78 is 0. The molecule has 0 radical (unpaired) electrons. The van der Waals surface area contributed by atoms with E-state index in [0.29, 0.717) is 17.2 Å². The van der Waals surface area contributed by atoms with Gasteiger partial charge in [-0.15, -0.1) is 0 Å². The first-order valence-electron chi connectivity index (χ1n) is 8.63. The molecule has 1 aliphatic rings. The Balaban J connectivity index is 1.89. The van der Waals surface area contributed by atoms with Crippen molar-refractivity contribution in [3.8, 4) is 0 Å². The van der Waals surface area contributed by atoms with E-state index in [4.69, 9.17) is 5.11 Å². The maximum Gasteiger partial charge on any atom is 0.253 e. The normalized spacial score (nSPS) is 20.2. The van der Waals surface area contributed by atoms with Crippen LogP contribution in [0.15, 0.2) is 24.3 Å². The minimum Gasteiger partial charge on any atom is -0.395 e. The van der Waals surface area contributed by atoms with E-state index in [2.05, 4.69) is 22.9 Å². The molecule has 0 bridgehead atoms. The van der Waals surface area contributed by atoms with Gasteiger partial charge in [-0.25, -0.2) is 0 Å². The Hall–Kier alpha value is -2.08. The van der Waals surface area contributed by atoms with Gasteiger partial charge >= 0.3 is 0 Å². The molecule has 2 rings (SSSR count). The molecule has 0 unspecified atom stereocenters. The Bertz CT molecular complexity index is 562. The summed E-state index contributed by atoms with van der Waals surface area (Å²) in [6, 6.07) is 7.28. The Morgan fingerprint density at radius 1 is 1.21 bits per heavy atom. The van der Waals surface area contributed by atoms with Gasteiger partial charge < -0.3 is 21.1 Å². The van der Waals surface area contributed by atoms with Crippen LogP contribution in [0.5, 0.6) is 0 Å². The lowest BCUT2D eigenvalue weighted by atomic mass is 9.86. The summed E-state index contributed by atoms with van der Waals surface area (Å²) in [5.74, 6) is 0.187. The molecule has 2 atom stereocenters. The van der Waals surface area contributed by atoms with Crippen LogP contribution in [0.1, 0.15) is 43.0 Å². The number of benzene rings is 1. The molecule has 6 heteroatoms. The van der Waals surface area contributed by atoms with Crippen molar-refractivity contribution < 1.29 is 14.7 Å². The molecule has 0 heterocycles. The third-order valence-corrected chi connectivity index (χ3v) is 4.47. The maximum atomic E-state index is 12.2. The quantitative estimate of drug-likeness (QED) is 0.609. The van der Waals surface area contributed by atoms with Gasteiger partial charge in [0.25, 0.3) is 5.91 Å². The molecular formula is C18H27N3O3. The average molecular weight is 333 g/mol. The minimum absolute atomic E-state index is 0.0562. The summed E-state index contributed by atoms with van der Waals surface area (Å²) in [5, 5.41) is 17.5. The summed E-state index contributed by atoms with van der Waals surface area (Å²) >= 11 is 0. The molecule has 2 amide bonds. The van der Waals surface area contributed by atoms with Gasteiger partial charge in [-0.05, 0) is 30.9 Å². The standard InChI is InChI=1S/C18H27N3O3/c1-13-6-2-4-8-15(13)21-17(23)12-20-16-9-5-3-7-14(16)18(24)19-10-11-22/h3,5,7,9,13,15,20,22H,2,4,6,8,10-12H2,1H3,(H,19,24)(H,21,23)/t13-,15-/m1/s1. The van der Waals surface area contributed by atoms with Crippen molar-refractivity contribution in [1.82, 2.24) is 10.6 Å². The second-order valence-corrected chi connectivity index (χ2v) is 6.31. The highest BCUT2D eigenvalue weighted by molar-refractivity contribution is 6.00. The van der Waals surface area contributed by atoms with Crippen LogP contribution in [0.3, 0.4) is 0 Å². The lowest BCUT2D eigenvalue weighted by Gasteiger charge is -2.29. The number of carbonyl (C=O) groups is 2. The van der Waals surface area contributed by atoms with Crippen LogP contribution in [0.2, 0.25) is 0 Å². The van der Waals surface area contributed by atoms with Crippen LogP contribution in [0.4, 0.5) is 5.69 Å². The summed E-state index contributed by atoms with van der Waals surface area (Å²) in [7, 11) is 0. The molecule has 1 aliphatic carbocycles. The fourth-order valence-corrected chi connectivity index (χ4v) is 3.06. The highest BCUT2D eigenvalue weighted by atomic mass is 16.3. The molecule has 1 aromatic rings. The van der Waals surface area contributed by atoms with E-state index < -0.39 is 0 Å². The molecule has 1 aromatic carbocycles. The number of nitrogens with one attached hydrogen (secondary N) is 3. The van der Waals surface area contributed by atoms with Crippen LogP contribution in [0, 0.1) is 5.92 Å². The number of hydrogen-bond acceptors (Lipinski definition) is 4. The van der Waals surface area contributed by atoms with Crippen LogP contribution in [0.25, 0.3) is 0 Å². The number of aliphatic hydroxyl groups excluding tert-OH is 1. The zero-order chi connectivity index (χ0) is 17.4. The molecule has 24 heavy (non-hydrogen) atoms. The van der Waals surface area contributed by atoms with E-state index in [1.54, 1.807) is 18.2 Å². The highest BCUT2D eigenvalue weighted by Crippen LogP contribution is 2.23. The van der Waals surface area contributed by atoms with Crippen molar-refractivity contribution in [3.05, 3.63) is 29.8 Å². The maximum absolute atomic E-state index is 12.2. The van der Waals surface area contributed by atoms with Crippen molar-refractivity contribution in [3.63, 3.8) is 0 Å². The highest BCUT2D eigenvalue weighted by Gasteiger charge is 2.22. The van der Waals surface area contributed by atoms with Crippen LogP contribution in [-0.2, 0) is 4.79 Å². The number of rotatable bonds is 7. The van der Waals surface area contributed by atoms with E-state index in [9.17, 15) is 9.59 Å². The largest absolute Gasteiger partial charge is 0.395 e. The average Bonchev–Trinajstić information content (AvgIpc) is 2.60. The van der Waals surface area contributed by atoms with E-state index in [1.165, 1.54) is 6.42 Å². The lowest BCUT2D eigenvalue weighted by molar-refractivity contribution is -0.120. The third kappa shape index (κ3) is 5.23. The molecule has 1 saturated carbocycles. The second kappa shape index (κ2) is 9.27. The van der Waals surface area contributed by atoms with Crippen molar-refractivity contribution >= 4 is 17.5 Å². The van der Waals surface area contributed by atoms with Gasteiger partial charge in [-0.3, -0.25) is 9.59 Å². The number of hydrogen-bond donors (Lipinski definition) is 4. The number of para-hydroxylation sites is 1. The molecule has 6 nitrogen and oxygen atoms in total. The van der Waals surface area contributed by atoms with Crippen molar-refractivity contribution in [2.75, 3.05) is 25.0 Å². The van der Waals surface area contributed by atoms with Crippen molar-refractivity contribution in [1.29, 1.82) is 0 Å². The third-order valence-electron chi connectivity index (χ3n) is 4.47. The SMILES string of the molecule is C[C@@H]1CCCC[C@H]1NC(=O)CNc1ccccc1C(=O)NCCO. The Labute approximate surface area is 143 Å². The summed E-state index contributed by atoms with van der Waals surface area (Å²) in [6.45, 7) is 2.41. The molecule has 0 spiro atoms. The van der Waals surface area contributed by atoms with Crippen molar-refractivity contribution in [2.45, 2.75) is 38.6 Å². The molecular weight excluding hydrogens is 306 g/mol. The first-order valence-corrected chi connectivity index (χ1v) is 8.63.